The van der Waals surface area contributed by atoms with Gasteiger partial charge in [0.05, 0.1) is 6.10 Å². The summed E-state index contributed by atoms with van der Waals surface area (Å²) in [5, 5.41) is 10.5. The average molecular weight is 307 g/mol. The average Bonchev–Trinajstić information content (AvgIpc) is 2.81. The van der Waals surface area contributed by atoms with Gasteiger partial charge in [-0.1, -0.05) is 0 Å². The Morgan fingerprint density at radius 3 is 1.83 bits per heavy atom. The minimum Gasteiger partial charge on any atom is -0.388 e. The van der Waals surface area contributed by atoms with E-state index in [1.165, 1.54) is 16.4 Å². The van der Waals surface area contributed by atoms with Crippen molar-refractivity contribution >= 4 is 8.19 Å². The van der Waals surface area contributed by atoms with Crippen molar-refractivity contribution in [1.29, 1.82) is 0 Å². The number of hydrogen-bond donors (Lipinski definition) is 1. The van der Waals surface area contributed by atoms with Gasteiger partial charge in [-0.2, -0.15) is 18.2 Å². The van der Waals surface area contributed by atoms with Crippen LogP contribution in [0.25, 0.3) is 0 Å². The molecule has 1 N–H and O–H groups in total. The molecule has 0 aliphatic heterocycles. The van der Waals surface area contributed by atoms with Gasteiger partial charge in [-0.3, -0.25) is 0 Å². The quantitative estimate of drug-likeness (QED) is 0.598. The largest absolute Gasteiger partial charge is 2.00 e. The first-order chi connectivity index (χ1) is 7.13. The van der Waals surface area contributed by atoms with Crippen LogP contribution >= 0.6 is 8.19 Å². The first-order valence-corrected chi connectivity index (χ1v) is 6.20. The van der Waals surface area contributed by atoms with E-state index in [0.29, 0.717) is 8.19 Å². The molecule has 2 aromatic rings. The van der Waals surface area contributed by atoms with Gasteiger partial charge in [0.25, 0.3) is 0 Å². The molecule has 0 fully saturated rings. The monoisotopic (exact) mass is 307 g/mol. The summed E-state index contributed by atoms with van der Waals surface area (Å²) >= 11 is 0. The Labute approximate surface area is 125 Å². The van der Waals surface area contributed by atoms with Crippen molar-refractivity contribution in [2.24, 2.45) is 0 Å². The molecular weight excluding hydrogens is 283 g/mol. The Morgan fingerprint density at radius 2 is 1.67 bits per heavy atom. The normalized spacial score (nSPS) is 10.2. The summed E-state index contributed by atoms with van der Waals surface area (Å²) in [7, 11) is 0.708. The van der Waals surface area contributed by atoms with Crippen LogP contribution in [-0.2, 0) is 17.1 Å². The van der Waals surface area contributed by atoms with E-state index < -0.39 is 0 Å². The molecule has 0 aliphatic rings. The third kappa shape index (κ3) is 7.13. The molecule has 0 saturated heterocycles. The maximum atomic E-state index is 9.26. The van der Waals surface area contributed by atoms with Crippen molar-refractivity contribution in [3.8, 4) is 0 Å². The molecule has 1 aromatic heterocycles. The molecule has 18 heavy (non-hydrogen) atoms. The van der Waals surface area contributed by atoms with Crippen LogP contribution in [0.15, 0.2) is 36.1 Å². The predicted octanol–water partition coefficient (Wildman–Crippen LogP) is 4.69. The van der Waals surface area contributed by atoms with E-state index in [1.807, 2.05) is 37.3 Å². The molecule has 0 aliphatic carbocycles. The van der Waals surface area contributed by atoms with Crippen LogP contribution in [-0.4, -0.2) is 5.11 Å². The zero-order chi connectivity index (χ0) is 11.3. The van der Waals surface area contributed by atoms with Crippen LogP contribution in [0.1, 0.15) is 29.4 Å². The summed E-state index contributed by atoms with van der Waals surface area (Å²) < 4.78 is 0. The van der Waals surface area contributed by atoms with Crippen LogP contribution in [0.5, 0.6) is 0 Å². The topological polar surface area (TPSA) is 20.2 Å². The van der Waals surface area contributed by atoms with E-state index in [1.54, 1.807) is 0 Å². The standard InChI is InChI=1S/C8H13OP.C5H5.2CH3.Fe/c1-5-4-10-8(6(5)2)7(3)9;1-2-4-5-3-1;;;/h4,7,9-10H,1-3H3;1-5H;2*1H3;/q;3*-1;+2/t7-;;;;/m1..../s1. The van der Waals surface area contributed by atoms with Crippen molar-refractivity contribution in [2.45, 2.75) is 26.9 Å². The molecule has 2 rings (SSSR count). The fourth-order valence-corrected chi connectivity index (χ4v) is 2.61. The number of hydrogen-bond acceptors (Lipinski definition) is 1. The second kappa shape index (κ2) is 11.7. The van der Waals surface area contributed by atoms with Gasteiger partial charge in [0.15, 0.2) is 0 Å². The van der Waals surface area contributed by atoms with Crippen LogP contribution in [0.2, 0.25) is 0 Å². The van der Waals surface area contributed by atoms with Gasteiger partial charge in [0.1, 0.15) is 0 Å². The van der Waals surface area contributed by atoms with Gasteiger partial charge in [-0.25, -0.2) is 12.1 Å². The minimum absolute atomic E-state index is 0. The maximum absolute atomic E-state index is 9.26. The van der Waals surface area contributed by atoms with Gasteiger partial charge in [0.2, 0.25) is 0 Å². The van der Waals surface area contributed by atoms with E-state index in [2.05, 4.69) is 19.6 Å². The van der Waals surface area contributed by atoms with Crippen molar-refractivity contribution in [1.82, 2.24) is 0 Å². The third-order valence-corrected chi connectivity index (χ3v) is 4.09. The molecule has 1 nitrogen and oxygen atoms in total. The SMILES string of the molecule is Cc1c[pH]c([C@@H](C)O)c1C.[CH3-].[CH3-].[Fe+2].c1cc[cH-]c1. The molecule has 2 atom stereocenters. The van der Waals surface area contributed by atoms with Crippen molar-refractivity contribution in [3.05, 3.63) is 67.4 Å². The van der Waals surface area contributed by atoms with Gasteiger partial charge in [-0.15, -0.1) is 8.19 Å². The summed E-state index contributed by atoms with van der Waals surface area (Å²) in [5.41, 5.74) is 2.61. The van der Waals surface area contributed by atoms with E-state index in [9.17, 15) is 5.11 Å². The Balaban J connectivity index is -0.000000245. The molecule has 0 amide bonds. The molecule has 0 radical (unpaired) electrons. The van der Waals surface area contributed by atoms with Crippen molar-refractivity contribution in [2.75, 3.05) is 0 Å². The van der Waals surface area contributed by atoms with Crippen molar-refractivity contribution in [3.63, 3.8) is 0 Å². The number of aryl methyl sites for hydroxylation is 1. The van der Waals surface area contributed by atoms with Gasteiger partial charge in [0, 0.05) is 0 Å². The Hall–Kier alpha value is -0.391. The Kier molecular flexibility index (Phi) is 14.8. The summed E-state index contributed by atoms with van der Waals surface area (Å²) in [6.45, 7) is 6.00. The van der Waals surface area contributed by atoms with Gasteiger partial charge < -0.3 is 20.0 Å². The zero-order valence-corrected chi connectivity index (χ0v) is 13.9. The van der Waals surface area contributed by atoms with Crippen LogP contribution < -0.4 is 0 Å². The summed E-state index contributed by atoms with van der Waals surface area (Å²) in [4.78, 5) is 0. The first-order valence-electron chi connectivity index (χ1n) is 5.12. The molecule has 1 unspecified atom stereocenters. The van der Waals surface area contributed by atoms with Gasteiger partial charge in [-0.05, 0) is 43.0 Å². The molecular formula is C15H24FeOP-. The van der Waals surface area contributed by atoms with Crippen molar-refractivity contribution < 1.29 is 22.2 Å². The fourth-order valence-electron chi connectivity index (χ4n) is 1.37. The molecule has 1 aromatic carbocycles. The molecule has 0 spiro atoms. The Bertz CT molecular complexity index is 360. The summed E-state index contributed by atoms with van der Waals surface area (Å²) in [5.74, 6) is 2.19. The number of rotatable bonds is 1. The zero-order valence-electron chi connectivity index (χ0n) is 11.8. The molecule has 104 valence electrons. The second-order valence-electron chi connectivity index (χ2n) is 3.65. The second-order valence-corrected chi connectivity index (χ2v) is 4.76. The van der Waals surface area contributed by atoms with Crippen LogP contribution in [0.4, 0.5) is 0 Å². The minimum atomic E-state index is -0.257. The van der Waals surface area contributed by atoms with Crippen LogP contribution in [0.3, 0.4) is 0 Å². The van der Waals surface area contributed by atoms with E-state index in [0.717, 1.165) is 0 Å². The smallest absolute Gasteiger partial charge is 0.388 e. The molecule has 0 bridgehead atoms. The summed E-state index contributed by atoms with van der Waals surface area (Å²) in [6.07, 6.45) is -0.257. The molecule has 1 heterocycles. The van der Waals surface area contributed by atoms with E-state index in [-0.39, 0.29) is 38.0 Å². The van der Waals surface area contributed by atoms with E-state index in [4.69, 9.17) is 0 Å². The first kappa shape index (κ1) is 22.8. The molecule has 0 saturated carbocycles. The third-order valence-electron chi connectivity index (χ3n) is 2.41. The summed E-state index contributed by atoms with van der Waals surface area (Å²) in [6, 6.07) is 10.0. The maximum Gasteiger partial charge on any atom is 2.00 e. The van der Waals surface area contributed by atoms with E-state index >= 15 is 0 Å². The Morgan fingerprint density at radius 1 is 1.17 bits per heavy atom. The van der Waals surface area contributed by atoms with Gasteiger partial charge >= 0.3 is 17.1 Å². The number of aliphatic hydroxyl groups excluding tert-OH is 1. The fraction of sp³-hybridized carbons (Fsp3) is 0.267. The predicted molar refractivity (Wildman–Crippen MR) is 80.9 cm³/mol. The number of aliphatic hydroxyl groups is 1. The van der Waals surface area contributed by atoms with Crippen LogP contribution in [0, 0.1) is 28.7 Å². The molecule has 3 heteroatoms.